The molecular formula is C10H13N3O3S. The number of aromatic nitrogens is 2. The standard InChI is InChI=1S/C10H13N3O3S/c1-3-8-12-13-10(17-8)11-7(14)5-6-9(15)16-4-2/h5-6H,3-4H2,1-2H3,(H,11,13,14)/b6-5+. The van der Waals surface area contributed by atoms with Gasteiger partial charge in [-0.25, -0.2) is 4.79 Å². The highest BCUT2D eigenvalue weighted by molar-refractivity contribution is 7.15. The van der Waals surface area contributed by atoms with Gasteiger partial charge in [-0.05, 0) is 13.3 Å². The van der Waals surface area contributed by atoms with Gasteiger partial charge in [0.25, 0.3) is 0 Å². The molecule has 0 aromatic carbocycles. The molecule has 17 heavy (non-hydrogen) atoms. The second kappa shape index (κ2) is 6.74. The first-order chi connectivity index (χ1) is 8.15. The van der Waals surface area contributed by atoms with Crippen molar-refractivity contribution in [3.8, 4) is 0 Å². The number of hydrogen-bond acceptors (Lipinski definition) is 6. The third kappa shape index (κ3) is 4.73. The van der Waals surface area contributed by atoms with Crippen molar-refractivity contribution in [2.45, 2.75) is 20.3 Å². The van der Waals surface area contributed by atoms with Crippen molar-refractivity contribution in [2.75, 3.05) is 11.9 Å². The summed E-state index contributed by atoms with van der Waals surface area (Å²) in [6, 6.07) is 0. The van der Waals surface area contributed by atoms with Gasteiger partial charge < -0.3 is 4.74 Å². The van der Waals surface area contributed by atoms with E-state index in [1.54, 1.807) is 6.92 Å². The third-order valence-electron chi connectivity index (χ3n) is 1.66. The summed E-state index contributed by atoms with van der Waals surface area (Å²) in [6.07, 6.45) is 2.94. The van der Waals surface area contributed by atoms with Crippen LogP contribution in [0, 0.1) is 0 Å². The van der Waals surface area contributed by atoms with Gasteiger partial charge in [0.05, 0.1) is 6.61 Å². The summed E-state index contributed by atoms with van der Waals surface area (Å²) < 4.78 is 4.63. The van der Waals surface area contributed by atoms with Crippen LogP contribution >= 0.6 is 11.3 Å². The summed E-state index contributed by atoms with van der Waals surface area (Å²) in [5.74, 6) is -0.981. The van der Waals surface area contributed by atoms with E-state index in [1.807, 2.05) is 6.92 Å². The molecule has 0 unspecified atom stereocenters. The zero-order valence-corrected chi connectivity index (χ0v) is 10.4. The lowest BCUT2D eigenvalue weighted by Crippen LogP contribution is -2.09. The Morgan fingerprint density at radius 3 is 2.71 bits per heavy atom. The maximum Gasteiger partial charge on any atom is 0.330 e. The summed E-state index contributed by atoms with van der Waals surface area (Å²) in [5, 5.41) is 11.4. The number of nitrogens with zero attached hydrogens (tertiary/aromatic N) is 2. The molecule has 7 heteroatoms. The molecule has 1 aromatic rings. The molecule has 1 N–H and O–H groups in total. The molecule has 6 nitrogen and oxygen atoms in total. The van der Waals surface area contributed by atoms with Gasteiger partial charge in [-0.3, -0.25) is 10.1 Å². The molecule has 0 atom stereocenters. The Kier molecular flexibility index (Phi) is 5.28. The second-order valence-electron chi connectivity index (χ2n) is 2.93. The molecule has 0 fully saturated rings. The van der Waals surface area contributed by atoms with Gasteiger partial charge in [0.2, 0.25) is 11.0 Å². The number of rotatable bonds is 5. The van der Waals surface area contributed by atoms with E-state index in [0.29, 0.717) is 5.13 Å². The molecule has 1 rings (SSSR count). The average Bonchev–Trinajstić information content (AvgIpc) is 2.74. The van der Waals surface area contributed by atoms with E-state index in [1.165, 1.54) is 11.3 Å². The van der Waals surface area contributed by atoms with Crippen LogP contribution in [-0.2, 0) is 20.7 Å². The number of carbonyl (C=O) groups excluding carboxylic acids is 2. The molecule has 1 heterocycles. The first-order valence-electron chi connectivity index (χ1n) is 5.13. The molecule has 0 aliphatic rings. The number of nitrogens with one attached hydrogen (secondary N) is 1. The predicted octanol–water partition coefficient (Wildman–Crippen LogP) is 1.16. The lowest BCUT2D eigenvalue weighted by molar-refractivity contribution is -0.137. The molecule has 1 amide bonds. The van der Waals surface area contributed by atoms with Gasteiger partial charge in [0, 0.05) is 12.2 Å². The first kappa shape index (κ1) is 13.3. The molecule has 0 aliphatic carbocycles. The number of amides is 1. The van der Waals surface area contributed by atoms with E-state index in [9.17, 15) is 9.59 Å². The van der Waals surface area contributed by atoms with Gasteiger partial charge in [0.1, 0.15) is 5.01 Å². The summed E-state index contributed by atoms with van der Waals surface area (Å²) in [6.45, 7) is 3.92. The van der Waals surface area contributed by atoms with Gasteiger partial charge in [-0.15, -0.1) is 10.2 Å². The Balaban J connectivity index is 2.46. The Labute approximate surface area is 103 Å². The molecule has 0 saturated heterocycles. The van der Waals surface area contributed by atoms with E-state index in [0.717, 1.165) is 23.6 Å². The Bertz CT molecular complexity index is 428. The second-order valence-corrected chi connectivity index (χ2v) is 3.99. The van der Waals surface area contributed by atoms with Crippen LogP contribution in [0.1, 0.15) is 18.9 Å². The number of ether oxygens (including phenoxy) is 1. The lowest BCUT2D eigenvalue weighted by Gasteiger charge is -1.95. The maximum absolute atomic E-state index is 11.4. The molecule has 92 valence electrons. The van der Waals surface area contributed by atoms with E-state index in [2.05, 4.69) is 20.3 Å². The molecule has 0 aliphatic heterocycles. The van der Waals surface area contributed by atoms with Crippen LogP contribution in [0.3, 0.4) is 0 Å². The predicted molar refractivity (Wildman–Crippen MR) is 63.7 cm³/mol. The van der Waals surface area contributed by atoms with Crippen LogP contribution in [-0.4, -0.2) is 28.7 Å². The molecule has 0 radical (unpaired) electrons. The number of hydrogen-bond donors (Lipinski definition) is 1. The van der Waals surface area contributed by atoms with E-state index < -0.39 is 11.9 Å². The normalized spacial score (nSPS) is 10.5. The fourth-order valence-electron chi connectivity index (χ4n) is 0.928. The zero-order valence-electron chi connectivity index (χ0n) is 9.60. The SMILES string of the molecule is CCOC(=O)/C=C/C(=O)Nc1nnc(CC)s1. The summed E-state index contributed by atoms with van der Waals surface area (Å²) in [7, 11) is 0. The first-order valence-corrected chi connectivity index (χ1v) is 5.95. The Morgan fingerprint density at radius 1 is 1.35 bits per heavy atom. The number of aryl methyl sites for hydroxylation is 1. The highest BCUT2D eigenvalue weighted by Crippen LogP contribution is 2.14. The van der Waals surface area contributed by atoms with Crippen molar-refractivity contribution in [1.82, 2.24) is 10.2 Å². The summed E-state index contributed by atoms with van der Waals surface area (Å²) >= 11 is 1.30. The minimum absolute atomic E-state index is 0.279. The number of anilines is 1. The minimum Gasteiger partial charge on any atom is -0.463 e. The molecule has 0 bridgehead atoms. The monoisotopic (exact) mass is 255 g/mol. The maximum atomic E-state index is 11.4. The highest BCUT2D eigenvalue weighted by Gasteiger charge is 2.05. The fourth-order valence-corrected chi connectivity index (χ4v) is 1.61. The van der Waals surface area contributed by atoms with Gasteiger partial charge in [-0.2, -0.15) is 0 Å². The van der Waals surface area contributed by atoms with Crippen molar-refractivity contribution in [1.29, 1.82) is 0 Å². The van der Waals surface area contributed by atoms with Crippen molar-refractivity contribution < 1.29 is 14.3 Å². The molecular weight excluding hydrogens is 242 g/mol. The van der Waals surface area contributed by atoms with Gasteiger partial charge in [0.15, 0.2) is 0 Å². The quantitative estimate of drug-likeness (QED) is 0.630. The van der Waals surface area contributed by atoms with E-state index >= 15 is 0 Å². The zero-order chi connectivity index (χ0) is 12.7. The average molecular weight is 255 g/mol. The topological polar surface area (TPSA) is 81.2 Å². The van der Waals surface area contributed by atoms with Crippen molar-refractivity contribution >= 4 is 28.3 Å². The highest BCUT2D eigenvalue weighted by atomic mass is 32.1. The number of esters is 1. The molecule has 0 spiro atoms. The number of carbonyl (C=O) groups is 2. The third-order valence-corrected chi connectivity index (χ3v) is 2.64. The summed E-state index contributed by atoms with van der Waals surface area (Å²) in [4.78, 5) is 22.3. The minimum atomic E-state index is -0.547. The van der Waals surface area contributed by atoms with Gasteiger partial charge >= 0.3 is 5.97 Å². The smallest absolute Gasteiger partial charge is 0.330 e. The molecule has 0 saturated carbocycles. The Morgan fingerprint density at radius 2 is 2.12 bits per heavy atom. The summed E-state index contributed by atoms with van der Waals surface area (Å²) in [5.41, 5.74) is 0. The van der Waals surface area contributed by atoms with Crippen molar-refractivity contribution in [3.05, 3.63) is 17.2 Å². The molecule has 1 aromatic heterocycles. The largest absolute Gasteiger partial charge is 0.463 e. The lowest BCUT2D eigenvalue weighted by atomic mass is 10.5. The fraction of sp³-hybridized carbons (Fsp3) is 0.400. The van der Waals surface area contributed by atoms with Crippen LogP contribution in [0.5, 0.6) is 0 Å². The van der Waals surface area contributed by atoms with Gasteiger partial charge in [-0.1, -0.05) is 18.3 Å². The van der Waals surface area contributed by atoms with Crippen LogP contribution in [0.15, 0.2) is 12.2 Å². The van der Waals surface area contributed by atoms with Crippen LogP contribution in [0.25, 0.3) is 0 Å². The van der Waals surface area contributed by atoms with E-state index in [4.69, 9.17) is 0 Å². The Hall–Kier alpha value is -1.76. The van der Waals surface area contributed by atoms with Crippen LogP contribution in [0.2, 0.25) is 0 Å². The van der Waals surface area contributed by atoms with Crippen LogP contribution in [0.4, 0.5) is 5.13 Å². The van der Waals surface area contributed by atoms with Crippen molar-refractivity contribution in [3.63, 3.8) is 0 Å². The van der Waals surface area contributed by atoms with E-state index in [-0.39, 0.29) is 6.61 Å². The van der Waals surface area contributed by atoms with Crippen molar-refractivity contribution in [2.24, 2.45) is 0 Å². The van der Waals surface area contributed by atoms with Crippen LogP contribution < -0.4 is 5.32 Å².